The van der Waals surface area contributed by atoms with Gasteiger partial charge in [-0.05, 0) is 18.2 Å². The van der Waals surface area contributed by atoms with Gasteiger partial charge in [0.15, 0.2) is 5.78 Å². The number of H-pyrrole nitrogens is 1. The average molecular weight is 251 g/mol. The first-order chi connectivity index (χ1) is 9.29. The van der Waals surface area contributed by atoms with Gasteiger partial charge in [-0.25, -0.2) is 0 Å². The van der Waals surface area contributed by atoms with Crippen LogP contribution in [-0.4, -0.2) is 17.9 Å². The van der Waals surface area contributed by atoms with Crippen LogP contribution in [0, 0.1) is 0 Å². The van der Waals surface area contributed by atoms with E-state index in [1.807, 2.05) is 48.5 Å². The van der Waals surface area contributed by atoms with E-state index < -0.39 is 0 Å². The van der Waals surface area contributed by atoms with Crippen LogP contribution in [0.4, 0.5) is 0 Å². The summed E-state index contributed by atoms with van der Waals surface area (Å²) in [7, 11) is 1.62. The van der Waals surface area contributed by atoms with Gasteiger partial charge in [0.2, 0.25) is 0 Å². The molecule has 0 radical (unpaired) electrons. The number of methoxy groups -OCH3 is 1. The van der Waals surface area contributed by atoms with Crippen LogP contribution >= 0.6 is 0 Å². The molecule has 0 aliphatic rings. The fraction of sp³-hybridized carbons (Fsp3) is 0.0625. The minimum atomic E-state index is 0.0140. The molecule has 3 nitrogen and oxygen atoms in total. The van der Waals surface area contributed by atoms with E-state index in [0.717, 1.165) is 16.7 Å². The number of aromatic amines is 1. The number of aromatic nitrogens is 1. The average Bonchev–Trinajstić information content (AvgIpc) is 2.90. The van der Waals surface area contributed by atoms with E-state index in [1.54, 1.807) is 13.3 Å². The Labute approximate surface area is 110 Å². The number of carbonyl (C=O) groups is 1. The minimum Gasteiger partial charge on any atom is -0.497 e. The lowest BCUT2D eigenvalue weighted by atomic mass is 10.0. The molecule has 3 heteroatoms. The lowest BCUT2D eigenvalue weighted by Crippen LogP contribution is -1.99. The van der Waals surface area contributed by atoms with Crippen molar-refractivity contribution in [3.05, 3.63) is 65.9 Å². The fourth-order valence-corrected chi connectivity index (χ4v) is 2.16. The first-order valence-electron chi connectivity index (χ1n) is 6.04. The van der Waals surface area contributed by atoms with Gasteiger partial charge in [0.05, 0.1) is 7.11 Å². The van der Waals surface area contributed by atoms with Crippen LogP contribution in [-0.2, 0) is 0 Å². The van der Waals surface area contributed by atoms with Gasteiger partial charge in [-0.1, -0.05) is 30.3 Å². The van der Waals surface area contributed by atoms with Gasteiger partial charge in [-0.15, -0.1) is 0 Å². The van der Waals surface area contributed by atoms with E-state index >= 15 is 0 Å². The lowest BCUT2D eigenvalue weighted by molar-refractivity contribution is 0.104. The smallest absolute Gasteiger partial charge is 0.195 e. The van der Waals surface area contributed by atoms with Crippen LogP contribution in [0.3, 0.4) is 0 Å². The Kier molecular flexibility index (Phi) is 2.80. The molecule has 0 bridgehead atoms. The van der Waals surface area contributed by atoms with E-state index in [-0.39, 0.29) is 5.78 Å². The van der Waals surface area contributed by atoms with Crippen molar-refractivity contribution in [2.75, 3.05) is 7.11 Å². The summed E-state index contributed by atoms with van der Waals surface area (Å²) < 4.78 is 5.21. The molecule has 3 rings (SSSR count). The summed E-state index contributed by atoms with van der Waals surface area (Å²) >= 11 is 0. The highest BCUT2D eigenvalue weighted by atomic mass is 16.5. The van der Waals surface area contributed by atoms with Crippen molar-refractivity contribution < 1.29 is 9.53 Å². The number of benzene rings is 2. The molecule has 0 saturated carbocycles. The number of hydrogen-bond donors (Lipinski definition) is 1. The van der Waals surface area contributed by atoms with E-state index in [2.05, 4.69) is 4.98 Å². The molecule has 0 spiro atoms. The monoisotopic (exact) mass is 251 g/mol. The number of ketones is 1. The van der Waals surface area contributed by atoms with E-state index in [0.29, 0.717) is 11.1 Å². The Balaban J connectivity index is 2.12. The molecular formula is C16H13NO2. The Morgan fingerprint density at radius 3 is 2.63 bits per heavy atom. The molecule has 19 heavy (non-hydrogen) atoms. The summed E-state index contributed by atoms with van der Waals surface area (Å²) in [4.78, 5) is 15.6. The Morgan fingerprint density at radius 1 is 1.11 bits per heavy atom. The van der Waals surface area contributed by atoms with Crippen LogP contribution in [0.25, 0.3) is 10.9 Å². The fourth-order valence-electron chi connectivity index (χ4n) is 2.16. The topological polar surface area (TPSA) is 42.1 Å². The van der Waals surface area contributed by atoms with E-state index in [9.17, 15) is 4.79 Å². The Hall–Kier alpha value is -2.55. The molecule has 0 aliphatic heterocycles. The predicted molar refractivity (Wildman–Crippen MR) is 74.7 cm³/mol. The highest BCUT2D eigenvalue weighted by Gasteiger charge is 2.14. The quantitative estimate of drug-likeness (QED) is 0.725. The molecule has 3 aromatic rings. The zero-order chi connectivity index (χ0) is 13.2. The summed E-state index contributed by atoms with van der Waals surface area (Å²) in [5.74, 6) is 0.759. The largest absolute Gasteiger partial charge is 0.497 e. The summed E-state index contributed by atoms with van der Waals surface area (Å²) in [6.07, 6.45) is 1.75. The number of carbonyl (C=O) groups excluding carboxylic acids is 1. The second kappa shape index (κ2) is 4.61. The lowest BCUT2D eigenvalue weighted by Gasteiger charge is -2.02. The van der Waals surface area contributed by atoms with Crippen molar-refractivity contribution in [2.45, 2.75) is 0 Å². The van der Waals surface area contributed by atoms with Crippen molar-refractivity contribution in [2.24, 2.45) is 0 Å². The van der Waals surface area contributed by atoms with E-state index in [1.165, 1.54) is 0 Å². The van der Waals surface area contributed by atoms with Gasteiger partial charge in [0.25, 0.3) is 0 Å². The normalized spacial score (nSPS) is 10.6. The van der Waals surface area contributed by atoms with Crippen LogP contribution in [0.2, 0.25) is 0 Å². The number of hydrogen-bond acceptors (Lipinski definition) is 2. The molecule has 0 amide bonds. The second-order valence-corrected chi connectivity index (χ2v) is 4.31. The Morgan fingerprint density at radius 2 is 1.89 bits per heavy atom. The molecule has 0 saturated heterocycles. The third-order valence-corrected chi connectivity index (χ3v) is 3.17. The zero-order valence-electron chi connectivity index (χ0n) is 10.5. The van der Waals surface area contributed by atoms with Crippen LogP contribution in [0.5, 0.6) is 5.75 Å². The molecule has 1 heterocycles. The molecule has 0 aliphatic carbocycles. The van der Waals surface area contributed by atoms with Gasteiger partial charge in [0, 0.05) is 28.2 Å². The van der Waals surface area contributed by atoms with Gasteiger partial charge in [-0.3, -0.25) is 4.79 Å². The van der Waals surface area contributed by atoms with Gasteiger partial charge in [0.1, 0.15) is 5.75 Å². The first-order valence-corrected chi connectivity index (χ1v) is 6.04. The SMILES string of the molecule is COc1ccc2[nH]cc(C(=O)c3ccccc3)c2c1. The minimum absolute atomic E-state index is 0.0140. The summed E-state index contributed by atoms with van der Waals surface area (Å²) in [5, 5.41) is 0.883. The highest BCUT2D eigenvalue weighted by molar-refractivity contribution is 6.16. The number of ether oxygens (including phenoxy) is 1. The maximum atomic E-state index is 12.5. The maximum Gasteiger partial charge on any atom is 0.195 e. The molecule has 0 unspecified atom stereocenters. The molecule has 94 valence electrons. The molecule has 1 aromatic heterocycles. The van der Waals surface area contributed by atoms with Gasteiger partial charge >= 0.3 is 0 Å². The van der Waals surface area contributed by atoms with Gasteiger partial charge < -0.3 is 9.72 Å². The van der Waals surface area contributed by atoms with E-state index in [4.69, 9.17) is 4.74 Å². The molecule has 0 fully saturated rings. The van der Waals surface area contributed by atoms with Crippen molar-refractivity contribution in [3.8, 4) is 5.75 Å². The van der Waals surface area contributed by atoms with Crippen LogP contribution < -0.4 is 4.74 Å². The predicted octanol–water partition coefficient (Wildman–Crippen LogP) is 3.41. The number of fused-ring (bicyclic) bond motifs is 1. The zero-order valence-corrected chi connectivity index (χ0v) is 10.5. The third-order valence-electron chi connectivity index (χ3n) is 3.17. The van der Waals surface area contributed by atoms with Crippen LogP contribution in [0.15, 0.2) is 54.7 Å². The maximum absolute atomic E-state index is 12.5. The van der Waals surface area contributed by atoms with Crippen molar-refractivity contribution in [1.29, 1.82) is 0 Å². The summed E-state index contributed by atoms with van der Waals surface area (Å²) in [5.41, 5.74) is 2.28. The molecule has 2 aromatic carbocycles. The molecule has 0 atom stereocenters. The van der Waals surface area contributed by atoms with Crippen molar-refractivity contribution in [1.82, 2.24) is 4.98 Å². The summed E-state index contributed by atoms with van der Waals surface area (Å²) in [6, 6.07) is 14.9. The Bertz CT molecular complexity index is 729. The van der Waals surface area contributed by atoms with Crippen LogP contribution in [0.1, 0.15) is 15.9 Å². The number of nitrogens with one attached hydrogen (secondary N) is 1. The number of rotatable bonds is 3. The standard InChI is InChI=1S/C16H13NO2/c1-19-12-7-8-15-13(9-12)14(10-17-15)16(18)11-5-3-2-4-6-11/h2-10,17H,1H3. The van der Waals surface area contributed by atoms with Crippen molar-refractivity contribution >= 4 is 16.7 Å². The molecule has 1 N–H and O–H groups in total. The summed E-state index contributed by atoms with van der Waals surface area (Å²) in [6.45, 7) is 0. The highest BCUT2D eigenvalue weighted by Crippen LogP contribution is 2.25. The third kappa shape index (κ3) is 1.99. The second-order valence-electron chi connectivity index (χ2n) is 4.31. The first kappa shape index (κ1) is 11.5. The van der Waals surface area contributed by atoms with Gasteiger partial charge in [-0.2, -0.15) is 0 Å². The van der Waals surface area contributed by atoms with Crippen molar-refractivity contribution in [3.63, 3.8) is 0 Å². The molecular weight excluding hydrogens is 238 g/mol.